The molecule has 0 unspecified atom stereocenters. The average Bonchev–Trinajstić information content (AvgIpc) is 2.86. The van der Waals surface area contributed by atoms with Gasteiger partial charge in [0.05, 0.1) is 6.20 Å². The van der Waals surface area contributed by atoms with Crippen molar-refractivity contribution in [3.05, 3.63) is 12.3 Å². The van der Waals surface area contributed by atoms with Gasteiger partial charge in [0.2, 0.25) is 0 Å². The molecule has 5 nitrogen and oxygen atoms in total. The van der Waals surface area contributed by atoms with Gasteiger partial charge >= 0.3 is 0 Å². The lowest BCUT2D eigenvalue weighted by atomic mass is 10.0. The van der Waals surface area contributed by atoms with Crippen LogP contribution in [0.2, 0.25) is 0 Å². The van der Waals surface area contributed by atoms with Crippen molar-refractivity contribution in [1.82, 2.24) is 14.9 Å². The van der Waals surface area contributed by atoms with E-state index in [1.807, 2.05) is 6.26 Å². The monoisotopic (exact) mass is 277 g/mol. The van der Waals surface area contributed by atoms with Crippen molar-refractivity contribution in [2.75, 3.05) is 12.8 Å². The second-order valence-corrected chi connectivity index (χ2v) is 6.85. The van der Waals surface area contributed by atoms with Crippen LogP contribution in [0.3, 0.4) is 0 Å². The molecule has 0 saturated carbocycles. The molecular formula is C10H19N3O2S2. The minimum absolute atomic E-state index is 0.0346. The molecule has 0 fully saturated rings. The Morgan fingerprint density at radius 3 is 2.53 bits per heavy atom. The maximum atomic E-state index is 11.9. The number of nitrogens with one attached hydrogen (secondary N) is 2. The van der Waals surface area contributed by atoms with Crippen molar-refractivity contribution < 1.29 is 8.42 Å². The molecule has 0 bridgehead atoms. The first kappa shape index (κ1) is 14.5. The number of nitrogens with zero attached hydrogens (tertiary/aromatic N) is 1. The quantitative estimate of drug-likeness (QED) is 0.794. The summed E-state index contributed by atoms with van der Waals surface area (Å²) in [5, 5.41) is 6.22. The maximum absolute atomic E-state index is 11.9. The molecule has 0 aromatic carbocycles. The number of sulfonamides is 1. The normalized spacial score (nSPS) is 12.9. The van der Waals surface area contributed by atoms with E-state index in [0.29, 0.717) is 6.54 Å². The number of thioether (sulfide) groups is 1. The highest BCUT2D eigenvalue weighted by molar-refractivity contribution is 8.00. The number of rotatable bonds is 7. The minimum atomic E-state index is -3.46. The standard InChI is InChI=1S/C10H19N3O2S2/c1-4-10(5-2,16-3)8-12-17(14,15)9-6-7-11-13-9/h6-7,12H,4-5,8H2,1-3H3,(H,11,13). The third-order valence-electron chi connectivity index (χ3n) is 3.07. The van der Waals surface area contributed by atoms with Gasteiger partial charge in [-0.1, -0.05) is 13.8 Å². The highest BCUT2D eigenvalue weighted by Crippen LogP contribution is 2.29. The molecule has 1 rings (SSSR count). The first-order chi connectivity index (χ1) is 7.99. The van der Waals surface area contributed by atoms with E-state index in [1.165, 1.54) is 12.3 Å². The molecule has 0 aliphatic carbocycles. The molecule has 0 atom stereocenters. The molecule has 2 N–H and O–H groups in total. The molecule has 0 radical (unpaired) electrons. The van der Waals surface area contributed by atoms with Crippen LogP contribution in [0.4, 0.5) is 0 Å². The molecule has 1 aromatic rings. The Kier molecular flexibility index (Phi) is 5.03. The molecule has 0 spiro atoms. The van der Waals surface area contributed by atoms with Crippen LogP contribution in [0.25, 0.3) is 0 Å². The predicted octanol–water partition coefficient (Wildman–Crippen LogP) is 1.61. The van der Waals surface area contributed by atoms with Gasteiger partial charge in [0, 0.05) is 11.3 Å². The van der Waals surface area contributed by atoms with Crippen molar-refractivity contribution >= 4 is 21.8 Å². The highest BCUT2D eigenvalue weighted by atomic mass is 32.2. The van der Waals surface area contributed by atoms with Crippen molar-refractivity contribution in [2.45, 2.75) is 36.5 Å². The van der Waals surface area contributed by atoms with E-state index in [0.717, 1.165) is 12.8 Å². The topological polar surface area (TPSA) is 74.8 Å². The summed E-state index contributed by atoms with van der Waals surface area (Å²) in [6.45, 7) is 4.58. The Morgan fingerprint density at radius 1 is 1.47 bits per heavy atom. The summed E-state index contributed by atoms with van der Waals surface area (Å²) in [6, 6.07) is 1.45. The van der Waals surface area contributed by atoms with Gasteiger partial charge in [-0.05, 0) is 25.2 Å². The lowest BCUT2D eigenvalue weighted by Crippen LogP contribution is -2.39. The van der Waals surface area contributed by atoms with Gasteiger partial charge in [-0.25, -0.2) is 13.1 Å². The van der Waals surface area contributed by atoms with Crippen LogP contribution in [0, 0.1) is 0 Å². The summed E-state index contributed by atoms with van der Waals surface area (Å²) < 4.78 is 26.4. The number of hydrogen-bond acceptors (Lipinski definition) is 4. The predicted molar refractivity (Wildman–Crippen MR) is 70.6 cm³/mol. The Bertz CT molecular complexity index is 416. The van der Waals surface area contributed by atoms with Crippen LogP contribution in [-0.4, -0.2) is 36.2 Å². The Morgan fingerprint density at radius 2 is 2.12 bits per heavy atom. The van der Waals surface area contributed by atoms with Crippen LogP contribution >= 0.6 is 11.8 Å². The Hall–Kier alpha value is -0.530. The fourth-order valence-corrected chi connectivity index (χ4v) is 3.48. The summed E-state index contributed by atoms with van der Waals surface area (Å²) in [7, 11) is -3.46. The summed E-state index contributed by atoms with van der Waals surface area (Å²) in [5.41, 5.74) is 0. The van der Waals surface area contributed by atoms with E-state index in [9.17, 15) is 8.42 Å². The van der Waals surface area contributed by atoms with E-state index < -0.39 is 10.0 Å². The lowest BCUT2D eigenvalue weighted by molar-refractivity contribution is 0.520. The first-order valence-corrected chi connectivity index (χ1v) is 8.24. The summed E-state index contributed by atoms with van der Waals surface area (Å²) in [5.74, 6) is 0. The molecule has 0 aliphatic heterocycles. The van der Waals surface area contributed by atoms with Crippen LogP contribution in [-0.2, 0) is 10.0 Å². The van der Waals surface area contributed by atoms with Crippen LogP contribution in [0.15, 0.2) is 17.3 Å². The van der Waals surface area contributed by atoms with Crippen LogP contribution in [0.5, 0.6) is 0 Å². The van der Waals surface area contributed by atoms with E-state index in [2.05, 4.69) is 28.8 Å². The minimum Gasteiger partial charge on any atom is -0.266 e. The van der Waals surface area contributed by atoms with Gasteiger partial charge in [-0.15, -0.1) is 0 Å². The molecule has 0 amide bonds. The molecule has 7 heteroatoms. The zero-order valence-electron chi connectivity index (χ0n) is 10.4. The van der Waals surface area contributed by atoms with E-state index in [1.54, 1.807) is 11.8 Å². The van der Waals surface area contributed by atoms with Crippen LogP contribution < -0.4 is 4.72 Å². The van der Waals surface area contributed by atoms with E-state index >= 15 is 0 Å². The van der Waals surface area contributed by atoms with Crippen molar-refractivity contribution in [3.63, 3.8) is 0 Å². The van der Waals surface area contributed by atoms with Gasteiger partial charge in [0.15, 0.2) is 5.03 Å². The largest absolute Gasteiger partial charge is 0.266 e. The summed E-state index contributed by atoms with van der Waals surface area (Å²) in [4.78, 5) is 0. The van der Waals surface area contributed by atoms with Crippen molar-refractivity contribution in [3.8, 4) is 0 Å². The maximum Gasteiger partial charge on any atom is 0.257 e. The van der Waals surface area contributed by atoms with Crippen molar-refractivity contribution in [1.29, 1.82) is 0 Å². The lowest BCUT2D eigenvalue weighted by Gasteiger charge is -2.29. The molecule has 0 saturated heterocycles. The molecule has 17 heavy (non-hydrogen) atoms. The van der Waals surface area contributed by atoms with Crippen molar-refractivity contribution in [2.24, 2.45) is 0 Å². The molecular weight excluding hydrogens is 258 g/mol. The second kappa shape index (κ2) is 5.88. The zero-order valence-corrected chi connectivity index (χ0v) is 12.0. The smallest absolute Gasteiger partial charge is 0.257 e. The second-order valence-electron chi connectivity index (χ2n) is 3.84. The van der Waals surface area contributed by atoms with Gasteiger partial charge < -0.3 is 0 Å². The number of H-pyrrole nitrogens is 1. The number of aromatic nitrogens is 2. The third-order valence-corrected chi connectivity index (χ3v) is 5.99. The Labute approximate surface area is 107 Å². The summed E-state index contributed by atoms with van der Waals surface area (Å²) in [6.07, 6.45) is 5.29. The average molecular weight is 277 g/mol. The zero-order chi connectivity index (χ0) is 12.9. The van der Waals surface area contributed by atoms with Gasteiger partial charge in [0.1, 0.15) is 0 Å². The number of aromatic amines is 1. The van der Waals surface area contributed by atoms with Gasteiger partial charge in [-0.2, -0.15) is 16.9 Å². The van der Waals surface area contributed by atoms with Crippen LogP contribution in [0.1, 0.15) is 26.7 Å². The van der Waals surface area contributed by atoms with E-state index in [-0.39, 0.29) is 9.77 Å². The first-order valence-electron chi connectivity index (χ1n) is 5.54. The molecule has 0 aliphatic rings. The number of hydrogen-bond donors (Lipinski definition) is 2. The van der Waals surface area contributed by atoms with Gasteiger partial charge in [-0.3, -0.25) is 5.10 Å². The molecule has 1 heterocycles. The molecule has 98 valence electrons. The van der Waals surface area contributed by atoms with E-state index in [4.69, 9.17) is 0 Å². The third kappa shape index (κ3) is 3.46. The fourth-order valence-electron chi connectivity index (χ4n) is 1.56. The fraction of sp³-hybridized carbons (Fsp3) is 0.700. The van der Waals surface area contributed by atoms with Gasteiger partial charge in [0.25, 0.3) is 10.0 Å². The SMILES string of the molecule is CCC(CC)(CNS(=O)(=O)c1ccn[nH]1)SC. The summed E-state index contributed by atoms with van der Waals surface area (Å²) >= 11 is 1.70. The highest BCUT2D eigenvalue weighted by Gasteiger charge is 2.27. The molecule has 1 aromatic heterocycles. The Balaban J connectivity index is 2.73.